The second-order valence-corrected chi connectivity index (χ2v) is 12.5. The first-order valence-corrected chi connectivity index (χ1v) is 16.4. The number of fused-ring (bicyclic) bond motifs is 5. The van der Waals surface area contributed by atoms with Crippen LogP contribution in [0.3, 0.4) is 0 Å². The summed E-state index contributed by atoms with van der Waals surface area (Å²) < 4.78 is 2.52. The zero-order chi connectivity index (χ0) is 31.2. The second kappa shape index (κ2) is 11.4. The Balaban J connectivity index is 1.20. The van der Waals surface area contributed by atoms with E-state index in [4.69, 9.17) is 19.9 Å². The van der Waals surface area contributed by atoms with Gasteiger partial charge in [-0.25, -0.2) is 19.9 Å². The maximum atomic E-state index is 5.25. The van der Waals surface area contributed by atoms with E-state index in [1.165, 1.54) is 20.2 Å². The van der Waals surface area contributed by atoms with Gasteiger partial charge < -0.3 is 0 Å². The maximum Gasteiger partial charge on any atom is 0.164 e. The van der Waals surface area contributed by atoms with Gasteiger partial charge in [0.2, 0.25) is 0 Å². The van der Waals surface area contributed by atoms with Crippen LogP contribution in [0, 0.1) is 0 Å². The molecule has 9 rings (SSSR count). The van der Waals surface area contributed by atoms with Crippen molar-refractivity contribution in [3.8, 4) is 56.5 Å². The third-order valence-electron chi connectivity index (χ3n) is 8.51. The van der Waals surface area contributed by atoms with E-state index in [-0.39, 0.29) is 0 Å². The van der Waals surface area contributed by atoms with E-state index in [1.54, 1.807) is 0 Å². The topological polar surface area (TPSA) is 51.6 Å². The normalized spacial score (nSPS) is 11.4. The van der Waals surface area contributed by atoms with E-state index in [0.717, 1.165) is 50.0 Å². The van der Waals surface area contributed by atoms with Gasteiger partial charge in [0.1, 0.15) is 0 Å². The molecular weight excluding hydrogens is 593 g/mol. The van der Waals surface area contributed by atoms with E-state index in [1.807, 2.05) is 72.0 Å². The van der Waals surface area contributed by atoms with Gasteiger partial charge in [0.25, 0.3) is 0 Å². The lowest BCUT2D eigenvalue weighted by Crippen LogP contribution is -2.00. The smallest absolute Gasteiger partial charge is 0.164 e. The van der Waals surface area contributed by atoms with Gasteiger partial charge in [0, 0.05) is 47.8 Å². The number of pyridine rings is 1. The van der Waals surface area contributed by atoms with E-state index in [2.05, 4.69) is 97.1 Å². The van der Waals surface area contributed by atoms with Crippen molar-refractivity contribution in [3.05, 3.63) is 158 Å². The van der Waals surface area contributed by atoms with Gasteiger partial charge in [-0.15, -0.1) is 11.3 Å². The number of rotatable bonds is 5. The molecule has 47 heavy (non-hydrogen) atoms. The van der Waals surface area contributed by atoms with Crippen LogP contribution >= 0.6 is 11.3 Å². The largest absolute Gasteiger partial charge is 0.247 e. The molecule has 0 bridgehead atoms. The molecule has 0 atom stereocenters. The predicted octanol–water partition coefficient (Wildman–Crippen LogP) is 11.1. The molecule has 3 aromatic heterocycles. The molecule has 3 heterocycles. The van der Waals surface area contributed by atoms with Crippen molar-refractivity contribution in [1.29, 1.82) is 0 Å². The summed E-state index contributed by atoms with van der Waals surface area (Å²) in [4.78, 5) is 20.0. The molecule has 0 aliphatic carbocycles. The molecule has 0 fully saturated rings. The summed E-state index contributed by atoms with van der Waals surface area (Å²) in [5.41, 5.74) is 8.19. The number of thiophene rings is 1. The number of hydrogen-bond acceptors (Lipinski definition) is 5. The van der Waals surface area contributed by atoms with E-state index in [0.29, 0.717) is 17.5 Å². The fraction of sp³-hybridized carbons (Fsp3) is 0. The summed E-state index contributed by atoms with van der Waals surface area (Å²) in [7, 11) is 0. The Bertz CT molecular complexity index is 2500. The molecule has 6 aromatic carbocycles. The van der Waals surface area contributed by atoms with Crippen LogP contribution in [0.5, 0.6) is 0 Å². The monoisotopic (exact) mass is 618 g/mol. The molecule has 0 spiro atoms. The summed E-state index contributed by atoms with van der Waals surface area (Å²) in [6.45, 7) is 0. The van der Waals surface area contributed by atoms with Crippen molar-refractivity contribution >= 4 is 42.4 Å². The summed E-state index contributed by atoms with van der Waals surface area (Å²) in [6, 6.07) is 54.4. The van der Waals surface area contributed by atoms with Crippen LogP contribution in [0.15, 0.2) is 158 Å². The number of benzene rings is 6. The van der Waals surface area contributed by atoms with Crippen molar-refractivity contribution < 1.29 is 0 Å². The van der Waals surface area contributed by atoms with E-state index in [9.17, 15) is 0 Å². The summed E-state index contributed by atoms with van der Waals surface area (Å²) in [6.07, 6.45) is 0. The van der Waals surface area contributed by atoms with Gasteiger partial charge in [-0.2, -0.15) is 0 Å². The standard InChI is InChI=1S/C42H26N4S/c1-4-13-27(14-5-1)38-37-33-21-10-11-22-36(33)47-39(37)34-26-31(23-24-35(34)43-38)30-19-12-20-32(25-30)42-45-40(28-15-6-2-7-16-28)44-41(46-42)29-17-8-3-9-18-29/h1-26H. The summed E-state index contributed by atoms with van der Waals surface area (Å²) in [5, 5.41) is 3.61. The molecule has 0 N–H and O–H groups in total. The van der Waals surface area contributed by atoms with Crippen LogP contribution in [0.25, 0.3) is 87.6 Å². The zero-order valence-electron chi connectivity index (χ0n) is 25.2. The van der Waals surface area contributed by atoms with Gasteiger partial charge in [0.15, 0.2) is 17.5 Å². The highest BCUT2D eigenvalue weighted by Crippen LogP contribution is 2.43. The number of aromatic nitrogens is 4. The lowest BCUT2D eigenvalue weighted by molar-refractivity contribution is 1.07. The molecule has 0 saturated carbocycles. The van der Waals surface area contributed by atoms with Crippen LogP contribution in [0.2, 0.25) is 0 Å². The third-order valence-corrected chi connectivity index (χ3v) is 9.71. The van der Waals surface area contributed by atoms with Gasteiger partial charge in [-0.05, 0) is 35.4 Å². The maximum absolute atomic E-state index is 5.25. The van der Waals surface area contributed by atoms with Crippen LogP contribution < -0.4 is 0 Å². The first-order valence-electron chi connectivity index (χ1n) is 15.6. The first-order chi connectivity index (χ1) is 23.3. The average Bonchev–Trinajstić information content (AvgIpc) is 3.55. The Hall–Kier alpha value is -6.04. The van der Waals surface area contributed by atoms with Crippen molar-refractivity contribution in [2.24, 2.45) is 0 Å². The average molecular weight is 619 g/mol. The van der Waals surface area contributed by atoms with Gasteiger partial charge in [-0.1, -0.05) is 133 Å². The fourth-order valence-electron chi connectivity index (χ4n) is 6.22. The number of nitrogens with zero attached hydrogens (tertiary/aromatic N) is 4. The van der Waals surface area contributed by atoms with Crippen LogP contribution in [0.4, 0.5) is 0 Å². The molecule has 0 aliphatic heterocycles. The molecule has 0 saturated heterocycles. The molecule has 0 unspecified atom stereocenters. The lowest BCUT2D eigenvalue weighted by Gasteiger charge is -2.11. The van der Waals surface area contributed by atoms with Crippen molar-refractivity contribution in [2.45, 2.75) is 0 Å². The van der Waals surface area contributed by atoms with Crippen molar-refractivity contribution in [2.75, 3.05) is 0 Å². The Morgan fingerprint density at radius 2 is 0.894 bits per heavy atom. The molecule has 4 nitrogen and oxygen atoms in total. The highest BCUT2D eigenvalue weighted by molar-refractivity contribution is 7.26. The first kappa shape index (κ1) is 27.3. The van der Waals surface area contributed by atoms with E-state index >= 15 is 0 Å². The van der Waals surface area contributed by atoms with Crippen molar-refractivity contribution in [3.63, 3.8) is 0 Å². The molecule has 0 aliphatic rings. The predicted molar refractivity (Wildman–Crippen MR) is 195 cm³/mol. The molecule has 220 valence electrons. The van der Waals surface area contributed by atoms with Crippen LogP contribution in [-0.4, -0.2) is 19.9 Å². The zero-order valence-corrected chi connectivity index (χ0v) is 26.0. The fourth-order valence-corrected chi connectivity index (χ4v) is 7.45. The molecule has 5 heteroatoms. The van der Waals surface area contributed by atoms with Gasteiger partial charge in [0.05, 0.1) is 11.2 Å². The van der Waals surface area contributed by atoms with Gasteiger partial charge in [-0.3, -0.25) is 0 Å². The van der Waals surface area contributed by atoms with Crippen LogP contribution in [0.1, 0.15) is 0 Å². The third kappa shape index (κ3) is 4.94. The summed E-state index contributed by atoms with van der Waals surface area (Å²) >= 11 is 1.84. The Kier molecular flexibility index (Phi) is 6.61. The Morgan fingerprint density at radius 1 is 0.362 bits per heavy atom. The Labute approximate surface area is 275 Å². The molecular formula is C42H26N4S. The molecule has 0 radical (unpaired) electrons. The second-order valence-electron chi connectivity index (χ2n) is 11.5. The Morgan fingerprint density at radius 3 is 1.57 bits per heavy atom. The van der Waals surface area contributed by atoms with Crippen LogP contribution in [-0.2, 0) is 0 Å². The minimum Gasteiger partial charge on any atom is -0.247 e. The highest BCUT2D eigenvalue weighted by atomic mass is 32.1. The molecule has 0 amide bonds. The summed E-state index contributed by atoms with van der Waals surface area (Å²) in [5.74, 6) is 1.94. The minimum absolute atomic E-state index is 0.640. The highest BCUT2D eigenvalue weighted by Gasteiger charge is 2.17. The lowest BCUT2D eigenvalue weighted by atomic mass is 9.98. The van der Waals surface area contributed by atoms with Crippen molar-refractivity contribution in [1.82, 2.24) is 19.9 Å². The molecule has 9 aromatic rings. The SMILES string of the molecule is c1ccc(-c2nc(-c3ccccc3)nc(-c3cccc(-c4ccc5nc(-c6ccccc6)c6c7ccccc7sc6c5c4)c3)n2)cc1. The number of hydrogen-bond donors (Lipinski definition) is 0. The van der Waals surface area contributed by atoms with Gasteiger partial charge >= 0.3 is 0 Å². The quantitative estimate of drug-likeness (QED) is 0.193. The van der Waals surface area contributed by atoms with E-state index < -0.39 is 0 Å². The minimum atomic E-state index is 0.640.